The van der Waals surface area contributed by atoms with Crippen molar-refractivity contribution in [2.24, 2.45) is 10.9 Å². The standard InChI is InChI=1S/C27H26N4O/c32-27(22-11-5-4-10-21(22)19-8-2-1-3-9-19)31-17-20-14-15-30(18-25(20)31)26-16-28-23-12-6-7-13-24(23)29-26/h1-13,20,25,28H,14-18H2. The van der Waals surface area contributed by atoms with Crippen LogP contribution < -0.4 is 5.32 Å². The number of carbonyl (C=O) groups is 1. The predicted octanol–water partition coefficient (Wildman–Crippen LogP) is 4.66. The highest BCUT2D eigenvalue weighted by Crippen LogP contribution is 2.36. The maximum Gasteiger partial charge on any atom is 0.254 e. The lowest BCUT2D eigenvalue weighted by molar-refractivity contribution is -0.0142. The van der Waals surface area contributed by atoms with Crippen molar-refractivity contribution in [3.8, 4) is 11.1 Å². The minimum Gasteiger partial charge on any atom is -0.376 e. The molecule has 5 heteroatoms. The van der Waals surface area contributed by atoms with Crippen LogP contribution in [-0.4, -0.2) is 53.8 Å². The van der Waals surface area contributed by atoms with Crippen LogP contribution in [0.1, 0.15) is 16.8 Å². The molecule has 2 saturated heterocycles. The normalized spacial score (nSPS) is 21.6. The van der Waals surface area contributed by atoms with Gasteiger partial charge < -0.3 is 15.1 Å². The Morgan fingerprint density at radius 3 is 2.59 bits per heavy atom. The lowest BCUT2D eigenvalue weighted by Crippen LogP contribution is -2.66. The molecule has 0 aromatic heterocycles. The Morgan fingerprint density at radius 1 is 0.906 bits per heavy atom. The molecule has 3 heterocycles. The first-order chi connectivity index (χ1) is 15.8. The van der Waals surface area contributed by atoms with Crippen molar-refractivity contribution >= 4 is 23.1 Å². The second-order valence-electron chi connectivity index (χ2n) is 8.83. The van der Waals surface area contributed by atoms with Gasteiger partial charge in [-0.25, -0.2) is 4.99 Å². The summed E-state index contributed by atoms with van der Waals surface area (Å²) in [5.41, 5.74) is 4.96. The minimum atomic E-state index is 0.140. The summed E-state index contributed by atoms with van der Waals surface area (Å²) in [5.74, 6) is 1.80. The fraction of sp³-hybridized carbons (Fsp3) is 0.259. The topological polar surface area (TPSA) is 47.9 Å². The quantitative estimate of drug-likeness (QED) is 0.654. The fourth-order valence-corrected chi connectivity index (χ4v) is 5.21. The van der Waals surface area contributed by atoms with Gasteiger partial charge in [-0.3, -0.25) is 4.79 Å². The maximum atomic E-state index is 13.6. The predicted molar refractivity (Wildman–Crippen MR) is 128 cm³/mol. The Morgan fingerprint density at radius 2 is 1.69 bits per heavy atom. The third kappa shape index (κ3) is 3.25. The minimum absolute atomic E-state index is 0.140. The van der Waals surface area contributed by atoms with Crippen molar-refractivity contribution in [1.82, 2.24) is 9.80 Å². The van der Waals surface area contributed by atoms with Gasteiger partial charge in [0.25, 0.3) is 5.91 Å². The molecule has 1 N–H and O–H groups in total. The van der Waals surface area contributed by atoms with E-state index in [1.165, 1.54) is 0 Å². The summed E-state index contributed by atoms with van der Waals surface area (Å²) < 4.78 is 0. The van der Waals surface area contributed by atoms with Gasteiger partial charge >= 0.3 is 0 Å². The number of likely N-dealkylation sites (tertiary alicyclic amines) is 2. The number of amides is 1. The van der Waals surface area contributed by atoms with E-state index in [1.54, 1.807) is 0 Å². The summed E-state index contributed by atoms with van der Waals surface area (Å²) in [6.07, 6.45) is 1.11. The molecule has 0 saturated carbocycles. The molecule has 0 spiro atoms. The number of aliphatic imine (C=N–C) groups is 1. The van der Waals surface area contributed by atoms with Gasteiger partial charge in [0.15, 0.2) is 0 Å². The van der Waals surface area contributed by atoms with Gasteiger partial charge in [-0.05, 0) is 35.7 Å². The van der Waals surface area contributed by atoms with Crippen LogP contribution in [0.3, 0.4) is 0 Å². The molecule has 1 amide bonds. The second-order valence-corrected chi connectivity index (χ2v) is 8.83. The van der Waals surface area contributed by atoms with E-state index in [0.717, 1.165) is 66.5 Å². The average molecular weight is 423 g/mol. The highest BCUT2D eigenvalue weighted by molar-refractivity contribution is 6.01. The Bertz CT molecular complexity index is 1190. The zero-order valence-corrected chi connectivity index (χ0v) is 17.9. The number of hydrogen-bond acceptors (Lipinski definition) is 4. The highest BCUT2D eigenvalue weighted by Gasteiger charge is 2.46. The third-order valence-corrected chi connectivity index (χ3v) is 7.01. The van der Waals surface area contributed by atoms with Crippen molar-refractivity contribution < 1.29 is 4.79 Å². The second kappa shape index (κ2) is 7.83. The van der Waals surface area contributed by atoms with Crippen LogP contribution in [-0.2, 0) is 0 Å². The molecule has 0 bridgehead atoms. The molecule has 0 radical (unpaired) electrons. The van der Waals surface area contributed by atoms with Crippen molar-refractivity contribution in [2.75, 3.05) is 31.5 Å². The Kier molecular flexibility index (Phi) is 4.67. The molecule has 160 valence electrons. The number of fused-ring (bicyclic) bond motifs is 2. The van der Waals surface area contributed by atoms with E-state index in [0.29, 0.717) is 5.92 Å². The number of rotatable bonds is 2. The maximum absolute atomic E-state index is 13.6. The monoisotopic (exact) mass is 422 g/mol. The van der Waals surface area contributed by atoms with Crippen LogP contribution in [0.4, 0.5) is 11.4 Å². The lowest BCUT2D eigenvalue weighted by Gasteiger charge is -2.54. The number of nitrogens with one attached hydrogen (secondary N) is 1. The Hall–Kier alpha value is -3.60. The molecule has 32 heavy (non-hydrogen) atoms. The van der Waals surface area contributed by atoms with Crippen molar-refractivity contribution in [3.63, 3.8) is 0 Å². The molecule has 2 fully saturated rings. The SMILES string of the molecule is O=C(c1ccccc1-c1ccccc1)N1CC2CCN(C3=Nc4ccccc4NC3)CC21. The summed E-state index contributed by atoms with van der Waals surface area (Å²) in [6, 6.07) is 26.6. The highest BCUT2D eigenvalue weighted by atomic mass is 16.2. The first-order valence-corrected chi connectivity index (χ1v) is 11.4. The molecule has 5 nitrogen and oxygen atoms in total. The zero-order chi connectivity index (χ0) is 21.5. The van der Waals surface area contributed by atoms with Gasteiger partial charge in [-0.15, -0.1) is 0 Å². The van der Waals surface area contributed by atoms with Crippen LogP contribution >= 0.6 is 0 Å². The summed E-state index contributed by atoms with van der Waals surface area (Å²) in [4.78, 5) is 22.9. The van der Waals surface area contributed by atoms with Gasteiger partial charge in [0.2, 0.25) is 0 Å². The molecule has 3 aromatic rings. The zero-order valence-electron chi connectivity index (χ0n) is 17.9. The van der Waals surface area contributed by atoms with Gasteiger partial charge in [0, 0.05) is 31.1 Å². The summed E-state index contributed by atoms with van der Waals surface area (Å²) in [5, 5.41) is 3.49. The van der Waals surface area contributed by atoms with E-state index >= 15 is 0 Å². The number of benzene rings is 3. The van der Waals surface area contributed by atoms with Crippen molar-refractivity contribution in [1.29, 1.82) is 0 Å². The molecule has 3 aliphatic rings. The van der Waals surface area contributed by atoms with E-state index in [4.69, 9.17) is 4.99 Å². The summed E-state index contributed by atoms with van der Waals surface area (Å²) >= 11 is 0. The smallest absolute Gasteiger partial charge is 0.254 e. The summed E-state index contributed by atoms with van der Waals surface area (Å²) in [7, 11) is 0. The lowest BCUT2D eigenvalue weighted by atomic mass is 9.81. The summed E-state index contributed by atoms with van der Waals surface area (Å²) in [6.45, 7) is 3.45. The third-order valence-electron chi connectivity index (χ3n) is 7.01. The first kappa shape index (κ1) is 19.1. The van der Waals surface area contributed by atoms with Crippen LogP contribution in [0, 0.1) is 5.92 Å². The van der Waals surface area contributed by atoms with Gasteiger partial charge in [-0.1, -0.05) is 60.7 Å². The average Bonchev–Trinajstić information content (AvgIpc) is 2.85. The molecule has 3 aromatic carbocycles. The molecule has 0 aliphatic carbocycles. The molecule has 6 rings (SSSR count). The van der Waals surface area contributed by atoms with Gasteiger partial charge in [0.1, 0.15) is 5.84 Å². The fourth-order valence-electron chi connectivity index (χ4n) is 5.21. The van der Waals surface area contributed by atoms with Crippen LogP contribution in [0.15, 0.2) is 83.9 Å². The Balaban J connectivity index is 1.23. The van der Waals surface area contributed by atoms with Crippen molar-refractivity contribution in [2.45, 2.75) is 12.5 Å². The van der Waals surface area contributed by atoms with E-state index < -0.39 is 0 Å². The van der Waals surface area contributed by atoms with Gasteiger partial charge in [0.05, 0.1) is 24.0 Å². The number of carbonyl (C=O) groups excluding carboxylic acids is 1. The first-order valence-electron chi connectivity index (χ1n) is 11.4. The van der Waals surface area contributed by atoms with Crippen molar-refractivity contribution in [3.05, 3.63) is 84.4 Å². The van der Waals surface area contributed by atoms with E-state index in [1.807, 2.05) is 60.7 Å². The van der Waals surface area contributed by atoms with E-state index in [9.17, 15) is 4.79 Å². The molecular formula is C27H26N4O. The largest absolute Gasteiger partial charge is 0.376 e. The number of amidine groups is 1. The molecular weight excluding hydrogens is 396 g/mol. The Labute approximate surface area is 188 Å². The number of para-hydroxylation sites is 2. The number of nitrogens with zero attached hydrogens (tertiary/aromatic N) is 3. The van der Waals surface area contributed by atoms with Crippen LogP contribution in [0.25, 0.3) is 11.1 Å². The molecule has 3 aliphatic heterocycles. The van der Waals surface area contributed by atoms with E-state index in [-0.39, 0.29) is 11.9 Å². The van der Waals surface area contributed by atoms with Crippen LogP contribution in [0.2, 0.25) is 0 Å². The van der Waals surface area contributed by atoms with Gasteiger partial charge in [-0.2, -0.15) is 0 Å². The van der Waals surface area contributed by atoms with E-state index in [2.05, 4.69) is 33.3 Å². The molecule has 2 unspecified atom stereocenters. The number of hydrogen-bond donors (Lipinski definition) is 1. The van der Waals surface area contributed by atoms with Crippen LogP contribution in [0.5, 0.6) is 0 Å². The number of anilines is 1. The number of piperidine rings is 1. The molecule has 2 atom stereocenters.